The number of ether oxygens (including phenoxy) is 1. The smallest absolute Gasteiger partial charge is 0.263 e. The van der Waals surface area contributed by atoms with Crippen molar-refractivity contribution in [3.05, 3.63) is 78.4 Å². The second-order valence-corrected chi connectivity index (χ2v) is 6.82. The zero-order valence-corrected chi connectivity index (χ0v) is 15.5. The van der Waals surface area contributed by atoms with Crippen LogP contribution in [0, 0.1) is 0 Å². The molecule has 3 aromatic carbocycles. The molecule has 0 unspecified atom stereocenters. The third kappa shape index (κ3) is 3.51. The number of carbonyl (C=O) groups excluding carboxylic acids is 1. The van der Waals surface area contributed by atoms with Crippen molar-refractivity contribution in [3.63, 3.8) is 0 Å². The number of nitrogens with zero attached hydrogens (tertiary/aromatic N) is 1. The zero-order chi connectivity index (χ0) is 18.8. The summed E-state index contributed by atoms with van der Waals surface area (Å²) in [5, 5.41) is 2.34. The molecule has 0 aliphatic carbocycles. The van der Waals surface area contributed by atoms with Crippen molar-refractivity contribution in [3.8, 4) is 5.75 Å². The largest absolute Gasteiger partial charge is 0.481 e. The average Bonchev–Trinajstić information content (AvgIpc) is 3.05. The van der Waals surface area contributed by atoms with Crippen molar-refractivity contribution >= 4 is 27.7 Å². The predicted molar refractivity (Wildman–Crippen MR) is 109 cm³/mol. The van der Waals surface area contributed by atoms with E-state index in [2.05, 4.69) is 17.1 Å². The summed E-state index contributed by atoms with van der Waals surface area (Å²) in [4.78, 5) is 17.7. The Balaban J connectivity index is 1.49. The number of aromatic nitrogens is 1. The third-order valence-corrected chi connectivity index (χ3v) is 4.78. The molecule has 0 radical (unpaired) electrons. The molecule has 0 fully saturated rings. The van der Waals surface area contributed by atoms with Gasteiger partial charge in [0.2, 0.25) is 0 Å². The number of nitrogens with one attached hydrogen (secondary N) is 1. The lowest BCUT2D eigenvalue weighted by atomic mass is 10.1. The fourth-order valence-corrected chi connectivity index (χ4v) is 3.41. The summed E-state index contributed by atoms with van der Waals surface area (Å²) in [5.74, 6) is 0.638. The average molecular weight is 358 g/mol. The molecule has 1 amide bonds. The van der Waals surface area contributed by atoms with E-state index in [4.69, 9.17) is 4.74 Å². The Kier molecular flexibility index (Phi) is 4.55. The molecule has 1 heterocycles. The third-order valence-electron chi connectivity index (χ3n) is 4.78. The van der Waals surface area contributed by atoms with Crippen LogP contribution in [0.4, 0.5) is 0 Å². The SMILES string of the molecule is C[C@@H](Oc1ccc2c(c1)[nH]c1ccccc12)C(=O)N(C)Cc1ccccc1. The van der Waals surface area contributed by atoms with E-state index >= 15 is 0 Å². The number of rotatable bonds is 5. The maximum absolute atomic E-state index is 12.6. The number of carbonyl (C=O) groups is 1. The maximum Gasteiger partial charge on any atom is 0.263 e. The van der Waals surface area contributed by atoms with Crippen LogP contribution in [0.25, 0.3) is 21.8 Å². The lowest BCUT2D eigenvalue weighted by molar-refractivity contribution is -0.137. The van der Waals surface area contributed by atoms with Gasteiger partial charge in [-0.2, -0.15) is 0 Å². The van der Waals surface area contributed by atoms with Gasteiger partial charge in [-0.1, -0.05) is 48.5 Å². The summed E-state index contributed by atoms with van der Waals surface area (Å²) in [7, 11) is 1.80. The van der Waals surface area contributed by atoms with Gasteiger partial charge in [0, 0.05) is 35.9 Å². The lowest BCUT2D eigenvalue weighted by Crippen LogP contribution is -2.37. The highest BCUT2D eigenvalue weighted by atomic mass is 16.5. The van der Waals surface area contributed by atoms with E-state index < -0.39 is 6.10 Å². The highest BCUT2D eigenvalue weighted by Crippen LogP contribution is 2.28. The van der Waals surface area contributed by atoms with Crippen LogP contribution in [0.15, 0.2) is 72.8 Å². The predicted octanol–water partition coefficient (Wildman–Crippen LogP) is 4.75. The fraction of sp³-hybridized carbons (Fsp3) is 0.174. The molecule has 0 aliphatic rings. The minimum absolute atomic E-state index is 0.0457. The molecule has 0 saturated carbocycles. The Morgan fingerprint density at radius 3 is 2.48 bits per heavy atom. The van der Waals surface area contributed by atoms with Crippen LogP contribution in [-0.2, 0) is 11.3 Å². The van der Waals surface area contributed by atoms with E-state index in [1.807, 2.05) is 60.7 Å². The number of aromatic amines is 1. The van der Waals surface area contributed by atoms with Crippen LogP contribution in [0.3, 0.4) is 0 Å². The van der Waals surface area contributed by atoms with Gasteiger partial charge in [0.25, 0.3) is 5.91 Å². The van der Waals surface area contributed by atoms with Gasteiger partial charge in [0.05, 0.1) is 5.52 Å². The summed E-state index contributed by atoms with van der Waals surface area (Å²) in [6.45, 7) is 2.35. The van der Waals surface area contributed by atoms with Crippen LogP contribution in [0.5, 0.6) is 5.75 Å². The molecule has 0 bridgehead atoms. The van der Waals surface area contributed by atoms with Crippen molar-refractivity contribution in [1.82, 2.24) is 9.88 Å². The van der Waals surface area contributed by atoms with Gasteiger partial charge in [0.1, 0.15) is 5.75 Å². The van der Waals surface area contributed by atoms with Crippen molar-refractivity contribution in [2.75, 3.05) is 7.05 Å². The Morgan fingerprint density at radius 2 is 1.67 bits per heavy atom. The number of amides is 1. The number of likely N-dealkylation sites (N-methyl/N-ethyl adjacent to an activating group) is 1. The minimum Gasteiger partial charge on any atom is -0.481 e. The van der Waals surface area contributed by atoms with E-state index in [0.717, 1.165) is 22.0 Å². The van der Waals surface area contributed by atoms with E-state index in [0.29, 0.717) is 12.3 Å². The first-order chi connectivity index (χ1) is 13.1. The molecule has 4 heteroatoms. The summed E-state index contributed by atoms with van der Waals surface area (Å²) >= 11 is 0. The molecule has 27 heavy (non-hydrogen) atoms. The Bertz CT molecular complexity index is 1090. The Morgan fingerprint density at radius 1 is 0.963 bits per heavy atom. The molecule has 4 aromatic rings. The van der Waals surface area contributed by atoms with Crippen LogP contribution in [0.1, 0.15) is 12.5 Å². The second kappa shape index (κ2) is 7.16. The van der Waals surface area contributed by atoms with E-state index in [-0.39, 0.29) is 5.91 Å². The molecule has 0 saturated heterocycles. The van der Waals surface area contributed by atoms with E-state index in [9.17, 15) is 4.79 Å². The van der Waals surface area contributed by atoms with Gasteiger partial charge < -0.3 is 14.6 Å². The number of hydrogen-bond acceptors (Lipinski definition) is 2. The number of hydrogen-bond donors (Lipinski definition) is 1. The Labute approximate surface area is 158 Å². The van der Waals surface area contributed by atoms with E-state index in [1.54, 1.807) is 18.9 Å². The second-order valence-electron chi connectivity index (χ2n) is 6.82. The molecule has 1 N–H and O–H groups in total. The van der Waals surface area contributed by atoms with Gasteiger partial charge in [-0.05, 0) is 30.7 Å². The molecule has 1 atom stereocenters. The van der Waals surface area contributed by atoms with Gasteiger partial charge in [0.15, 0.2) is 6.10 Å². The van der Waals surface area contributed by atoms with Crippen LogP contribution in [-0.4, -0.2) is 28.9 Å². The molecule has 4 rings (SSSR count). The van der Waals surface area contributed by atoms with Gasteiger partial charge in [-0.15, -0.1) is 0 Å². The highest BCUT2D eigenvalue weighted by Gasteiger charge is 2.19. The molecule has 136 valence electrons. The summed E-state index contributed by atoms with van der Waals surface area (Å²) in [6.07, 6.45) is -0.555. The Hall–Kier alpha value is -3.27. The van der Waals surface area contributed by atoms with Crippen molar-refractivity contribution in [2.45, 2.75) is 19.6 Å². The standard InChI is InChI=1S/C23H22N2O2/c1-16(23(26)25(2)15-17-8-4-3-5-9-17)27-18-12-13-20-19-10-6-7-11-21(19)24-22(20)14-18/h3-14,16,24H,15H2,1-2H3/t16-/m1/s1. The summed E-state index contributed by atoms with van der Waals surface area (Å²) in [5.41, 5.74) is 3.20. The highest BCUT2D eigenvalue weighted by molar-refractivity contribution is 6.07. The first-order valence-electron chi connectivity index (χ1n) is 9.08. The molecule has 0 aliphatic heterocycles. The molecular formula is C23H22N2O2. The topological polar surface area (TPSA) is 45.3 Å². The zero-order valence-electron chi connectivity index (χ0n) is 15.5. The quantitative estimate of drug-likeness (QED) is 0.560. The molecule has 4 nitrogen and oxygen atoms in total. The van der Waals surface area contributed by atoms with Gasteiger partial charge in [-0.3, -0.25) is 4.79 Å². The summed E-state index contributed by atoms with van der Waals surface area (Å²) < 4.78 is 5.93. The minimum atomic E-state index is -0.555. The molecular weight excluding hydrogens is 336 g/mol. The normalized spacial score (nSPS) is 12.2. The number of H-pyrrole nitrogens is 1. The van der Waals surface area contributed by atoms with Crippen LogP contribution in [0.2, 0.25) is 0 Å². The first kappa shape index (κ1) is 17.2. The number of para-hydroxylation sites is 1. The first-order valence-corrected chi connectivity index (χ1v) is 9.08. The fourth-order valence-electron chi connectivity index (χ4n) is 3.41. The van der Waals surface area contributed by atoms with Gasteiger partial charge >= 0.3 is 0 Å². The van der Waals surface area contributed by atoms with Crippen molar-refractivity contribution < 1.29 is 9.53 Å². The van der Waals surface area contributed by atoms with E-state index in [1.165, 1.54) is 5.39 Å². The van der Waals surface area contributed by atoms with Crippen molar-refractivity contribution in [1.29, 1.82) is 0 Å². The molecule has 1 aromatic heterocycles. The number of fused-ring (bicyclic) bond motifs is 3. The monoisotopic (exact) mass is 358 g/mol. The lowest BCUT2D eigenvalue weighted by Gasteiger charge is -2.22. The summed E-state index contributed by atoms with van der Waals surface area (Å²) in [6, 6.07) is 24.1. The molecule has 0 spiro atoms. The number of benzene rings is 3. The van der Waals surface area contributed by atoms with Gasteiger partial charge in [-0.25, -0.2) is 0 Å². The van der Waals surface area contributed by atoms with Crippen molar-refractivity contribution in [2.24, 2.45) is 0 Å². The van der Waals surface area contributed by atoms with Crippen LogP contribution < -0.4 is 4.74 Å². The van der Waals surface area contributed by atoms with Crippen LogP contribution >= 0.6 is 0 Å². The maximum atomic E-state index is 12.6.